The lowest BCUT2D eigenvalue weighted by atomic mass is 10.1. The molecule has 2 heterocycles. The van der Waals surface area contributed by atoms with E-state index in [1.54, 1.807) is 16.4 Å². The molecule has 4 N–H and O–H groups in total. The largest absolute Gasteiger partial charge is 0.394 e. The molecule has 6 atom stereocenters. The minimum absolute atomic E-state index is 0.0949. The summed E-state index contributed by atoms with van der Waals surface area (Å²) in [5.41, 5.74) is 2.37. The van der Waals surface area contributed by atoms with Crippen LogP contribution in [0.4, 0.5) is 5.82 Å². The summed E-state index contributed by atoms with van der Waals surface area (Å²) in [5, 5.41) is 43.2. The van der Waals surface area contributed by atoms with E-state index in [9.17, 15) is 10.2 Å². The standard InChI is InChI=1S/C24H32N6O4S/c1-2-3-11-35-24-26-22(25-16-12-15(16)14-7-5-4-6-8-14)19-23(27-24)30(29-28-19)17-13-18(34-10-9-31)21(33)20(17)32/h4-8,15-18,20-21,31-33H,2-3,9-13H2,1H3,(H,25,26,27)/t15-,16+,17+,18-,20-,21+/m0/s1. The van der Waals surface area contributed by atoms with Crippen molar-refractivity contribution in [2.45, 2.75) is 74.1 Å². The minimum Gasteiger partial charge on any atom is -0.394 e. The van der Waals surface area contributed by atoms with E-state index in [4.69, 9.17) is 19.8 Å². The molecule has 10 nitrogen and oxygen atoms in total. The van der Waals surface area contributed by atoms with E-state index in [0.717, 1.165) is 25.0 Å². The lowest BCUT2D eigenvalue weighted by Gasteiger charge is -2.17. The number of anilines is 1. The van der Waals surface area contributed by atoms with Crippen LogP contribution in [0.5, 0.6) is 0 Å². The molecule has 0 bridgehead atoms. The van der Waals surface area contributed by atoms with Crippen LogP contribution in [0, 0.1) is 0 Å². The molecule has 1 aromatic carbocycles. The smallest absolute Gasteiger partial charge is 0.191 e. The molecule has 3 aromatic rings. The van der Waals surface area contributed by atoms with Crippen molar-refractivity contribution in [3.8, 4) is 0 Å². The van der Waals surface area contributed by atoms with Crippen molar-refractivity contribution in [2.24, 2.45) is 0 Å². The Morgan fingerprint density at radius 1 is 1.14 bits per heavy atom. The SMILES string of the molecule is CCCCSc1nc(N[C@@H]2C[C@H]2c2ccccc2)c2nnn([C@@H]3C[C@H](OCCO)[C@@H](O)[C@H]3O)c2n1. The van der Waals surface area contributed by atoms with E-state index in [1.807, 2.05) is 6.07 Å². The Bertz CT molecular complexity index is 1130. The predicted molar refractivity (Wildman–Crippen MR) is 132 cm³/mol. The zero-order chi connectivity index (χ0) is 24.4. The molecule has 2 aliphatic rings. The predicted octanol–water partition coefficient (Wildman–Crippen LogP) is 2.13. The summed E-state index contributed by atoms with van der Waals surface area (Å²) >= 11 is 1.59. The molecule has 0 saturated heterocycles. The maximum Gasteiger partial charge on any atom is 0.191 e. The van der Waals surface area contributed by atoms with Gasteiger partial charge in [0.15, 0.2) is 22.1 Å². The summed E-state index contributed by atoms with van der Waals surface area (Å²) in [5.74, 6) is 1.97. The van der Waals surface area contributed by atoms with Gasteiger partial charge in [0, 0.05) is 24.1 Å². The highest BCUT2D eigenvalue weighted by Crippen LogP contribution is 2.43. The Labute approximate surface area is 208 Å². The number of benzene rings is 1. The van der Waals surface area contributed by atoms with Crippen LogP contribution in [0.1, 0.15) is 50.1 Å². The average Bonchev–Trinajstić information content (AvgIpc) is 3.42. The second-order valence-corrected chi connectivity index (χ2v) is 10.2. The average molecular weight is 501 g/mol. The number of aromatic nitrogens is 5. The van der Waals surface area contributed by atoms with Crippen molar-refractivity contribution >= 4 is 28.7 Å². The van der Waals surface area contributed by atoms with E-state index in [2.05, 4.69) is 46.8 Å². The van der Waals surface area contributed by atoms with Crippen LogP contribution in [0.3, 0.4) is 0 Å². The molecule has 0 radical (unpaired) electrons. The van der Waals surface area contributed by atoms with E-state index >= 15 is 0 Å². The quantitative estimate of drug-likeness (QED) is 0.176. The molecule has 11 heteroatoms. The summed E-state index contributed by atoms with van der Waals surface area (Å²) < 4.78 is 7.12. The van der Waals surface area contributed by atoms with Crippen LogP contribution in [-0.2, 0) is 4.74 Å². The fourth-order valence-corrected chi connectivity index (χ4v) is 5.61. The highest BCUT2D eigenvalue weighted by molar-refractivity contribution is 7.99. The van der Waals surface area contributed by atoms with Crippen LogP contribution in [-0.4, -0.2) is 83.6 Å². The molecular weight excluding hydrogens is 468 g/mol. The zero-order valence-electron chi connectivity index (χ0n) is 19.7. The summed E-state index contributed by atoms with van der Waals surface area (Å²) in [6.45, 7) is 2.09. The second kappa shape index (κ2) is 10.8. The first-order chi connectivity index (χ1) is 17.1. The first-order valence-electron chi connectivity index (χ1n) is 12.3. The Morgan fingerprint density at radius 3 is 2.74 bits per heavy atom. The van der Waals surface area contributed by atoms with Gasteiger partial charge in [-0.3, -0.25) is 0 Å². The number of rotatable bonds is 11. The van der Waals surface area contributed by atoms with Crippen molar-refractivity contribution < 1.29 is 20.1 Å². The summed E-state index contributed by atoms with van der Waals surface area (Å²) in [6, 6.07) is 10.1. The van der Waals surface area contributed by atoms with E-state index in [0.29, 0.717) is 34.5 Å². The zero-order valence-corrected chi connectivity index (χ0v) is 20.5. The van der Waals surface area contributed by atoms with Crippen molar-refractivity contribution in [3.63, 3.8) is 0 Å². The van der Waals surface area contributed by atoms with Gasteiger partial charge in [0.25, 0.3) is 0 Å². The highest BCUT2D eigenvalue weighted by Gasteiger charge is 2.45. The number of aliphatic hydroxyl groups excluding tert-OH is 3. The number of nitrogens with zero attached hydrogens (tertiary/aromatic N) is 5. The van der Waals surface area contributed by atoms with E-state index in [-0.39, 0.29) is 19.3 Å². The molecule has 2 aromatic heterocycles. The van der Waals surface area contributed by atoms with E-state index in [1.165, 1.54) is 5.56 Å². The molecule has 188 valence electrons. The van der Waals surface area contributed by atoms with Crippen molar-refractivity contribution in [1.29, 1.82) is 0 Å². The normalized spacial score (nSPS) is 28.0. The second-order valence-electron chi connectivity index (χ2n) is 9.18. The molecule has 0 spiro atoms. The van der Waals surface area contributed by atoms with Crippen molar-refractivity contribution in [1.82, 2.24) is 25.0 Å². The monoisotopic (exact) mass is 500 g/mol. The fourth-order valence-electron chi connectivity index (χ4n) is 4.68. The molecule has 2 saturated carbocycles. The lowest BCUT2D eigenvalue weighted by Crippen LogP contribution is -2.33. The molecule has 0 unspecified atom stereocenters. The molecule has 2 aliphatic carbocycles. The van der Waals surface area contributed by atoms with Gasteiger partial charge < -0.3 is 25.4 Å². The van der Waals surface area contributed by atoms with Gasteiger partial charge >= 0.3 is 0 Å². The topological polar surface area (TPSA) is 138 Å². The van der Waals surface area contributed by atoms with Crippen LogP contribution in [0.2, 0.25) is 0 Å². The number of thioether (sulfide) groups is 1. The molecule has 0 amide bonds. The number of ether oxygens (including phenoxy) is 1. The van der Waals surface area contributed by atoms with Gasteiger partial charge in [0.05, 0.1) is 25.4 Å². The number of nitrogens with one attached hydrogen (secondary N) is 1. The third-order valence-electron chi connectivity index (χ3n) is 6.71. The van der Waals surface area contributed by atoms with Crippen molar-refractivity contribution in [2.75, 3.05) is 24.3 Å². The molecular formula is C24H32N6O4S. The van der Waals surface area contributed by atoms with Crippen LogP contribution >= 0.6 is 11.8 Å². The van der Waals surface area contributed by atoms with Crippen LogP contribution < -0.4 is 5.32 Å². The minimum atomic E-state index is -1.09. The van der Waals surface area contributed by atoms with Gasteiger partial charge in [-0.1, -0.05) is 60.7 Å². The number of hydrogen-bond donors (Lipinski definition) is 4. The van der Waals surface area contributed by atoms with Crippen LogP contribution in [0.15, 0.2) is 35.5 Å². The first kappa shape index (κ1) is 24.4. The van der Waals surface area contributed by atoms with Gasteiger partial charge in [-0.2, -0.15) is 0 Å². The summed E-state index contributed by atoms with van der Waals surface area (Å²) in [6.07, 6.45) is 0.727. The Kier molecular flexibility index (Phi) is 7.49. The third-order valence-corrected chi connectivity index (χ3v) is 7.64. The summed E-state index contributed by atoms with van der Waals surface area (Å²) in [7, 11) is 0. The van der Waals surface area contributed by atoms with Gasteiger partial charge in [-0.15, -0.1) is 5.10 Å². The Balaban J connectivity index is 1.43. The van der Waals surface area contributed by atoms with Gasteiger partial charge in [-0.05, 0) is 18.4 Å². The fraction of sp³-hybridized carbons (Fsp3) is 0.583. The lowest BCUT2D eigenvalue weighted by molar-refractivity contribution is -0.0629. The molecule has 35 heavy (non-hydrogen) atoms. The molecule has 2 fully saturated rings. The number of fused-ring (bicyclic) bond motifs is 1. The number of unbranched alkanes of at least 4 members (excludes halogenated alkanes) is 1. The first-order valence-corrected chi connectivity index (χ1v) is 13.2. The maximum absolute atomic E-state index is 10.7. The van der Waals surface area contributed by atoms with Gasteiger partial charge in [0.1, 0.15) is 12.2 Å². The van der Waals surface area contributed by atoms with E-state index < -0.39 is 24.4 Å². The number of hydrogen-bond acceptors (Lipinski definition) is 10. The molecule has 0 aliphatic heterocycles. The van der Waals surface area contributed by atoms with Gasteiger partial charge in [0.2, 0.25) is 0 Å². The third kappa shape index (κ3) is 5.14. The Hall–Kier alpha value is -2.31. The maximum atomic E-state index is 10.7. The Morgan fingerprint density at radius 2 is 1.97 bits per heavy atom. The highest BCUT2D eigenvalue weighted by atomic mass is 32.2. The van der Waals surface area contributed by atoms with Crippen molar-refractivity contribution in [3.05, 3.63) is 35.9 Å². The summed E-state index contributed by atoms with van der Waals surface area (Å²) in [4.78, 5) is 9.51. The van der Waals surface area contributed by atoms with Gasteiger partial charge in [-0.25, -0.2) is 14.6 Å². The van der Waals surface area contributed by atoms with Crippen LogP contribution in [0.25, 0.3) is 11.2 Å². The molecule has 5 rings (SSSR count). The number of aliphatic hydroxyl groups is 3.